The maximum absolute atomic E-state index is 6.30. The van der Waals surface area contributed by atoms with E-state index in [1.807, 2.05) is 37.2 Å². The summed E-state index contributed by atoms with van der Waals surface area (Å²) in [6.07, 6.45) is 0.892. The van der Waals surface area contributed by atoms with Crippen LogP contribution < -0.4 is 10.6 Å². The minimum Gasteiger partial charge on any atom is -0.353 e. The number of nitrogens with two attached hydrogens (primary N) is 1. The van der Waals surface area contributed by atoms with Crippen molar-refractivity contribution in [2.24, 2.45) is 5.73 Å². The van der Waals surface area contributed by atoms with Crippen molar-refractivity contribution in [1.29, 1.82) is 0 Å². The van der Waals surface area contributed by atoms with Gasteiger partial charge < -0.3 is 10.6 Å². The minimum atomic E-state index is 0.0418. The molecule has 0 radical (unpaired) electrons. The lowest BCUT2D eigenvalue weighted by Crippen LogP contribution is -2.25. The highest BCUT2D eigenvalue weighted by Gasteiger charge is 2.22. The fraction of sp³-hybridized carbons (Fsp3) is 0.429. The van der Waals surface area contributed by atoms with E-state index in [2.05, 4.69) is 23.2 Å². The highest BCUT2D eigenvalue weighted by Crippen LogP contribution is 2.40. The van der Waals surface area contributed by atoms with Gasteiger partial charge in [-0.15, -0.1) is 10.2 Å². The van der Waals surface area contributed by atoms with Crippen molar-refractivity contribution in [3.8, 4) is 0 Å². The molecular weight excluding hydrogens is 324 g/mol. The molecule has 2 unspecified atom stereocenters. The molecule has 0 aliphatic rings. The Balaban J connectivity index is 2.24. The molecule has 0 saturated heterocycles. The highest BCUT2D eigenvalue weighted by molar-refractivity contribution is 8.01. The van der Waals surface area contributed by atoms with E-state index in [0.29, 0.717) is 0 Å². The van der Waals surface area contributed by atoms with E-state index in [1.54, 1.807) is 23.1 Å². The summed E-state index contributed by atoms with van der Waals surface area (Å²) in [4.78, 5) is 1.95. The predicted octanol–water partition coefficient (Wildman–Crippen LogP) is 3.83. The van der Waals surface area contributed by atoms with Crippen LogP contribution in [0.4, 0.5) is 5.13 Å². The van der Waals surface area contributed by atoms with E-state index < -0.39 is 0 Å². The topological polar surface area (TPSA) is 55.0 Å². The molecule has 2 N–H and O–H groups in total. The molecule has 0 aliphatic carbocycles. The van der Waals surface area contributed by atoms with Gasteiger partial charge in [-0.1, -0.05) is 53.8 Å². The van der Waals surface area contributed by atoms with Gasteiger partial charge in [-0.05, 0) is 24.1 Å². The Bertz CT molecular complexity index is 588. The number of aromatic nitrogens is 2. The quantitative estimate of drug-likeness (QED) is 0.808. The van der Waals surface area contributed by atoms with Crippen LogP contribution in [0.1, 0.15) is 24.2 Å². The zero-order chi connectivity index (χ0) is 15.4. The van der Waals surface area contributed by atoms with Crippen molar-refractivity contribution in [2.45, 2.75) is 29.0 Å². The van der Waals surface area contributed by atoms with Gasteiger partial charge in [0.15, 0.2) is 4.34 Å². The van der Waals surface area contributed by atoms with E-state index in [-0.39, 0.29) is 11.3 Å². The van der Waals surface area contributed by atoms with Gasteiger partial charge in [0.2, 0.25) is 5.13 Å². The van der Waals surface area contributed by atoms with Gasteiger partial charge in [0.1, 0.15) is 0 Å². The van der Waals surface area contributed by atoms with Crippen LogP contribution in [0.5, 0.6) is 0 Å². The molecule has 1 heterocycles. The monoisotopic (exact) mass is 342 g/mol. The van der Waals surface area contributed by atoms with Crippen LogP contribution in [0.15, 0.2) is 28.6 Å². The first-order valence-corrected chi connectivity index (χ1v) is 8.77. The van der Waals surface area contributed by atoms with Crippen molar-refractivity contribution >= 4 is 39.8 Å². The molecule has 0 bridgehead atoms. The van der Waals surface area contributed by atoms with Crippen LogP contribution in [0.2, 0.25) is 5.02 Å². The van der Waals surface area contributed by atoms with E-state index in [9.17, 15) is 0 Å². The van der Waals surface area contributed by atoms with Crippen LogP contribution >= 0.6 is 34.7 Å². The van der Waals surface area contributed by atoms with E-state index in [0.717, 1.165) is 26.5 Å². The first kappa shape index (κ1) is 16.5. The van der Waals surface area contributed by atoms with Gasteiger partial charge in [-0.2, -0.15) is 0 Å². The zero-order valence-corrected chi connectivity index (χ0v) is 14.7. The number of thioether (sulfide) groups is 1. The molecule has 2 atom stereocenters. The minimum absolute atomic E-state index is 0.0418. The summed E-state index contributed by atoms with van der Waals surface area (Å²) < 4.78 is 0.924. The van der Waals surface area contributed by atoms with Crippen molar-refractivity contribution in [3.05, 3.63) is 34.9 Å². The third kappa shape index (κ3) is 4.32. The van der Waals surface area contributed by atoms with Gasteiger partial charge in [0.05, 0.1) is 5.25 Å². The largest absolute Gasteiger partial charge is 0.353 e. The fourth-order valence-electron chi connectivity index (χ4n) is 1.84. The van der Waals surface area contributed by atoms with Gasteiger partial charge in [0, 0.05) is 25.2 Å². The summed E-state index contributed by atoms with van der Waals surface area (Å²) in [7, 11) is 3.92. The molecule has 1 aromatic carbocycles. The van der Waals surface area contributed by atoms with Gasteiger partial charge >= 0.3 is 0 Å². The Morgan fingerprint density at radius 1 is 1.38 bits per heavy atom. The third-order valence-corrected chi connectivity index (χ3v) is 5.86. The second kappa shape index (κ2) is 7.45. The van der Waals surface area contributed by atoms with Crippen molar-refractivity contribution in [1.82, 2.24) is 10.2 Å². The molecule has 21 heavy (non-hydrogen) atoms. The van der Waals surface area contributed by atoms with Crippen molar-refractivity contribution < 1.29 is 0 Å². The molecule has 1 aromatic heterocycles. The number of rotatable bonds is 6. The summed E-state index contributed by atoms with van der Waals surface area (Å²) in [5.74, 6) is 0. The Morgan fingerprint density at radius 2 is 2.14 bits per heavy atom. The zero-order valence-electron chi connectivity index (χ0n) is 12.3. The number of benzene rings is 1. The average molecular weight is 343 g/mol. The summed E-state index contributed by atoms with van der Waals surface area (Å²) in [6, 6.07) is 7.91. The Kier molecular flexibility index (Phi) is 5.87. The summed E-state index contributed by atoms with van der Waals surface area (Å²) in [6.45, 7) is 2.09. The first-order valence-electron chi connectivity index (χ1n) is 6.69. The molecule has 0 spiro atoms. The molecule has 7 heteroatoms. The van der Waals surface area contributed by atoms with Crippen LogP contribution in [-0.4, -0.2) is 30.3 Å². The highest BCUT2D eigenvalue weighted by atomic mass is 35.5. The maximum Gasteiger partial charge on any atom is 0.208 e. The maximum atomic E-state index is 6.30. The smallest absolute Gasteiger partial charge is 0.208 e. The number of nitrogens with zero attached hydrogens (tertiary/aromatic N) is 3. The molecule has 0 fully saturated rings. The summed E-state index contributed by atoms with van der Waals surface area (Å²) in [5.41, 5.74) is 7.42. The van der Waals surface area contributed by atoms with E-state index >= 15 is 0 Å². The normalized spacial score (nSPS) is 14.0. The van der Waals surface area contributed by atoms with Crippen LogP contribution in [0.3, 0.4) is 0 Å². The van der Waals surface area contributed by atoms with E-state index in [4.69, 9.17) is 17.3 Å². The van der Waals surface area contributed by atoms with Gasteiger partial charge in [0.25, 0.3) is 0 Å². The Hall–Kier alpha value is -0.820. The molecule has 4 nitrogen and oxygen atoms in total. The summed E-state index contributed by atoms with van der Waals surface area (Å²) >= 11 is 9.33. The SMILES string of the molecule is CCC(N)C(Sc1nnc(N(C)C)s1)c1cccc(Cl)c1. The molecule has 2 aromatic rings. The standard InChI is InChI=1S/C14H19ClN4S2/c1-4-11(16)12(9-6-5-7-10(15)8-9)20-14-18-17-13(21-14)19(2)3/h5-8,11-12H,4,16H2,1-3H3. The van der Waals surface area contributed by atoms with Crippen LogP contribution in [-0.2, 0) is 0 Å². The second-order valence-electron chi connectivity index (χ2n) is 4.91. The lowest BCUT2D eigenvalue weighted by molar-refractivity contribution is 0.634. The molecule has 2 rings (SSSR count). The number of anilines is 1. The lowest BCUT2D eigenvalue weighted by Gasteiger charge is -2.21. The predicted molar refractivity (Wildman–Crippen MR) is 92.6 cm³/mol. The Morgan fingerprint density at radius 3 is 2.71 bits per heavy atom. The number of hydrogen-bond donors (Lipinski definition) is 1. The lowest BCUT2D eigenvalue weighted by atomic mass is 10.0. The van der Waals surface area contributed by atoms with Crippen LogP contribution in [0, 0.1) is 0 Å². The average Bonchev–Trinajstić information content (AvgIpc) is 2.93. The van der Waals surface area contributed by atoms with Crippen molar-refractivity contribution in [2.75, 3.05) is 19.0 Å². The molecule has 114 valence electrons. The summed E-state index contributed by atoms with van der Waals surface area (Å²) in [5, 5.41) is 10.2. The fourth-order valence-corrected chi connectivity index (χ4v) is 4.22. The second-order valence-corrected chi connectivity index (χ2v) is 7.69. The van der Waals surface area contributed by atoms with Gasteiger partial charge in [-0.3, -0.25) is 0 Å². The molecule has 0 aliphatic heterocycles. The number of hydrogen-bond acceptors (Lipinski definition) is 6. The molecular formula is C14H19ClN4S2. The van der Waals surface area contributed by atoms with Crippen LogP contribution in [0.25, 0.3) is 0 Å². The third-order valence-electron chi connectivity index (χ3n) is 3.04. The van der Waals surface area contributed by atoms with E-state index in [1.165, 1.54) is 0 Å². The number of halogens is 1. The van der Waals surface area contributed by atoms with Gasteiger partial charge in [-0.25, -0.2) is 0 Å². The molecule has 0 saturated carbocycles. The van der Waals surface area contributed by atoms with Crippen molar-refractivity contribution in [3.63, 3.8) is 0 Å². The Labute approximate surface area is 138 Å². The first-order chi connectivity index (χ1) is 10.0. The molecule has 0 amide bonds.